The molecule has 0 aliphatic rings. The Morgan fingerprint density at radius 3 is 2.35 bits per heavy atom. The van der Waals surface area contributed by atoms with Crippen LogP contribution in [0.4, 0.5) is 23.4 Å². The van der Waals surface area contributed by atoms with Gasteiger partial charge in [0.1, 0.15) is 17.2 Å². The Labute approximate surface area is 145 Å². The number of hydrogen-bond donors (Lipinski definition) is 1. The van der Waals surface area contributed by atoms with Crippen molar-refractivity contribution >= 4 is 17.4 Å². The maximum absolute atomic E-state index is 14.2. The Kier molecular flexibility index (Phi) is 4.41. The molecular formula is C17H13F4N3O2. The summed E-state index contributed by atoms with van der Waals surface area (Å²) in [5.74, 6) is -6.57. The highest BCUT2D eigenvalue weighted by molar-refractivity contribution is 5.99. The highest BCUT2D eigenvalue weighted by Crippen LogP contribution is 2.37. The molecule has 0 aliphatic carbocycles. The number of amides is 1. The van der Waals surface area contributed by atoms with E-state index >= 15 is 0 Å². The number of fused-ring (bicyclic) bond motifs is 1. The minimum absolute atomic E-state index is 0.0971. The number of halogens is 4. The van der Waals surface area contributed by atoms with Crippen molar-refractivity contribution < 1.29 is 27.1 Å². The standard InChI is InChI=1S/C17H13F4N3O2/c1-26-16(18,17(19,20)21)15(25)23-14-13(11-7-3-2-4-8-11)22-12-9-5-6-10-24(12)14/h2-10H,1H3,(H,23,25)/t16-/m1/s1. The van der Waals surface area contributed by atoms with Gasteiger partial charge in [0.25, 0.3) is 0 Å². The lowest BCUT2D eigenvalue weighted by Gasteiger charge is -2.24. The molecule has 0 saturated heterocycles. The van der Waals surface area contributed by atoms with E-state index in [-0.39, 0.29) is 11.5 Å². The van der Waals surface area contributed by atoms with Crippen molar-refractivity contribution in [2.45, 2.75) is 12.0 Å². The second-order valence-electron chi connectivity index (χ2n) is 5.36. The normalized spacial score (nSPS) is 14.2. The zero-order chi connectivity index (χ0) is 18.9. The number of rotatable bonds is 4. The Hall–Kier alpha value is -2.94. The van der Waals surface area contributed by atoms with Gasteiger partial charge in [-0.1, -0.05) is 36.4 Å². The maximum Gasteiger partial charge on any atom is 0.458 e. The van der Waals surface area contributed by atoms with Gasteiger partial charge in [0.05, 0.1) is 0 Å². The Balaban J connectivity index is 2.11. The van der Waals surface area contributed by atoms with Gasteiger partial charge in [-0.2, -0.15) is 17.6 Å². The molecule has 136 valence electrons. The number of anilines is 1. The number of nitrogens with one attached hydrogen (secondary N) is 1. The highest BCUT2D eigenvalue weighted by Gasteiger charge is 2.63. The second-order valence-corrected chi connectivity index (χ2v) is 5.36. The monoisotopic (exact) mass is 367 g/mol. The van der Waals surface area contributed by atoms with E-state index in [1.165, 1.54) is 10.6 Å². The van der Waals surface area contributed by atoms with Gasteiger partial charge in [-0.3, -0.25) is 9.20 Å². The Morgan fingerprint density at radius 1 is 1.08 bits per heavy atom. The summed E-state index contributed by atoms with van der Waals surface area (Å²) in [6.07, 6.45) is -4.05. The zero-order valence-electron chi connectivity index (χ0n) is 13.4. The van der Waals surface area contributed by atoms with Crippen LogP contribution in [0.2, 0.25) is 0 Å². The molecule has 26 heavy (non-hydrogen) atoms. The number of ether oxygens (including phenoxy) is 1. The molecular weight excluding hydrogens is 354 g/mol. The molecule has 1 atom stereocenters. The summed E-state index contributed by atoms with van der Waals surface area (Å²) in [7, 11) is 0.472. The van der Waals surface area contributed by atoms with E-state index in [4.69, 9.17) is 0 Å². The summed E-state index contributed by atoms with van der Waals surface area (Å²) < 4.78 is 58.2. The van der Waals surface area contributed by atoms with Crippen molar-refractivity contribution in [2.24, 2.45) is 0 Å². The summed E-state index contributed by atoms with van der Waals surface area (Å²) in [5, 5.41) is 1.97. The van der Waals surface area contributed by atoms with Crippen LogP contribution in [0.3, 0.4) is 0 Å². The third kappa shape index (κ3) is 2.90. The van der Waals surface area contributed by atoms with Gasteiger partial charge >= 0.3 is 17.9 Å². The average molecular weight is 367 g/mol. The fourth-order valence-electron chi connectivity index (χ4n) is 2.44. The number of alkyl halides is 4. The molecule has 3 rings (SSSR count). The molecule has 5 nitrogen and oxygen atoms in total. The van der Waals surface area contributed by atoms with E-state index in [0.717, 1.165) is 0 Å². The first-order valence-corrected chi connectivity index (χ1v) is 7.42. The molecule has 0 unspecified atom stereocenters. The largest absolute Gasteiger partial charge is 0.458 e. The topological polar surface area (TPSA) is 55.6 Å². The number of nitrogens with zero attached hydrogens (tertiary/aromatic N) is 2. The van der Waals surface area contributed by atoms with Crippen LogP contribution < -0.4 is 5.32 Å². The summed E-state index contributed by atoms with van der Waals surface area (Å²) >= 11 is 0. The van der Waals surface area contributed by atoms with Gasteiger partial charge in [-0.25, -0.2) is 4.98 Å². The number of imidazole rings is 1. The lowest BCUT2D eigenvalue weighted by atomic mass is 10.1. The fourth-order valence-corrected chi connectivity index (χ4v) is 2.44. The van der Waals surface area contributed by atoms with Crippen LogP contribution in [0.5, 0.6) is 0 Å². The second kappa shape index (κ2) is 6.41. The molecule has 3 aromatic rings. The maximum atomic E-state index is 14.2. The van der Waals surface area contributed by atoms with Crippen LogP contribution in [0.25, 0.3) is 16.9 Å². The van der Waals surface area contributed by atoms with Crippen LogP contribution in [0.1, 0.15) is 0 Å². The minimum atomic E-state index is -5.54. The summed E-state index contributed by atoms with van der Waals surface area (Å²) in [6, 6.07) is 13.4. The molecule has 0 spiro atoms. The number of aromatic nitrogens is 2. The van der Waals surface area contributed by atoms with Crippen LogP contribution in [0, 0.1) is 0 Å². The molecule has 0 radical (unpaired) electrons. The van der Waals surface area contributed by atoms with Crippen molar-refractivity contribution in [3.05, 3.63) is 54.7 Å². The molecule has 1 aromatic carbocycles. The first-order chi connectivity index (χ1) is 12.3. The lowest BCUT2D eigenvalue weighted by Crippen LogP contribution is -2.52. The molecule has 0 saturated carbocycles. The average Bonchev–Trinajstić information content (AvgIpc) is 2.99. The van der Waals surface area contributed by atoms with Crippen molar-refractivity contribution in [1.82, 2.24) is 9.38 Å². The lowest BCUT2D eigenvalue weighted by molar-refractivity contribution is -0.305. The molecule has 0 bridgehead atoms. The molecule has 2 aromatic heterocycles. The van der Waals surface area contributed by atoms with Gasteiger partial charge in [0.2, 0.25) is 0 Å². The van der Waals surface area contributed by atoms with Crippen LogP contribution in [-0.2, 0) is 9.53 Å². The van der Waals surface area contributed by atoms with Crippen molar-refractivity contribution in [3.8, 4) is 11.3 Å². The number of pyridine rings is 1. The molecule has 0 fully saturated rings. The molecule has 2 heterocycles. The van der Waals surface area contributed by atoms with E-state index in [1.54, 1.807) is 48.5 Å². The SMILES string of the molecule is CO[C@](F)(C(=O)Nc1c(-c2ccccc2)nc2ccccn12)C(F)(F)F. The number of carbonyl (C=O) groups excluding carboxylic acids is 1. The number of methoxy groups -OCH3 is 1. The summed E-state index contributed by atoms with van der Waals surface area (Å²) in [5.41, 5.74) is 1.11. The molecule has 1 N–H and O–H groups in total. The van der Waals surface area contributed by atoms with Gasteiger partial charge in [0.15, 0.2) is 0 Å². The van der Waals surface area contributed by atoms with Gasteiger partial charge in [0, 0.05) is 18.9 Å². The third-order valence-electron chi connectivity index (χ3n) is 3.75. The number of carbonyl (C=O) groups is 1. The first kappa shape index (κ1) is 17.9. The predicted octanol–water partition coefficient (Wildman–Crippen LogP) is 3.81. The third-order valence-corrected chi connectivity index (χ3v) is 3.75. The van der Waals surface area contributed by atoms with Crippen molar-refractivity contribution in [2.75, 3.05) is 12.4 Å². The molecule has 9 heteroatoms. The Morgan fingerprint density at radius 2 is 1.73 bits per heavy atom. The molecule has 1 amide bonds. The van der Waals surface area contributed by atoms with E-state index in [9.17, 15) is 22.4 Å². The predicted molar refractivity (Wildman–Crippen MR) is 86.2 cm³/mol. The summed E-state index contributed by atoms with van der Waals surface area (Å²) in [6.45, 7) is 0. The van der Waals surface area contributed by atoms with E-state index in [2.05, 4.69) is 9.72 Å². The van der Waals surface area contributed by atoms with Crippen molar-refractivity contribution in [3.63, 3.8) is 0 Å². The minimum Gasteiger partial charge on any atom is -0.335 e. The van der Waals surface area contributed by atoms with Crippen LogP contribution in [0.15, 0.2) is 54.7 Å². The number of benzene rings is 1. The van der Waals surface area contributed by atoms with E-state index in [1.807, 2.05) is 5.32 Å². The molecule has 0 aliphatic heterocycles. The smallest absolute Gasteiger partial charge is 0.335 e. The zero-order valence-corrected chi connectivity index (χ0v) is 13.4. The fraction of sp³-hybridized carbons (Fsp3) is 0.176. The highest BCUT2D eigenvalue weighted by atomic mass is 19.4. The van der Waals surface area contributed by atoms with Gasteiger partial charge < -0.3 is 10.1 Å². The van der Waals surface area contributed by atoms with Crippen LogP contribution >= 0.6 is 0 Å². The van der Waals surface area contributed by atoms with Gasteiger partial charge in [-0.05, 0) is 12.1 Å². The van der Waals surface area contributed by atoms with Crippen LogP contribution in [-0.4, -0.2) is 34.4 Å². The van der Waals surface area contributed by atoms with E-state index < -0.39 is 17.9 Å². The number of hydrogen-bond acceptors (Lipinski definition) is 3. The Bertz CT molecular complexity index is 940. The van der Waals surface area contributed by atoms with Gasteiger partial charge in [-0.15, -0.1) is 0 Å². The first-order valence-electron chi connectivity index (χ1n) is 7.42. The quantitative estimate of drug-likeness (QED) is 0.714. The van der Waals surface area contributed by atoms with Crippen molar-refractivity contribution in [1.29, 1.82) is 0 Å². The summed E-state index contributed by atoms with van der Waals surface area (Å²) in [4.78, 5) is 16.4. The van der Waals surface area contributed by atoms with E-state index in [0.29, 0.717) is 18.3 Å².